The van der Waals surface area contributed by atoms with E-state index in [2.05, 4.69) is 4.90 Å². The Hall–Kier alpha value is -0.570. The SMILES string of the molecule is CN(CCC(=O)O)CCC1CCCC1. The van der Waals surface area contributed by atoms with Crippen molar-refractivity contribution in [2.45, 2.75) is 38.5 Å². The number of rotatable bonds is 6. The number of hydrogen-bond acceptors (Lipinski definition) is 2. The van der Waals surface area contributed by atoms with Crippen LogP contribution < -0.4 is 0 Å². The quantitative estimate of drug-likeness (QED) is 0.711. The number of aliphatic carboxylic acids is 1. The topological polar surface area (TPSA) is 40.5 Å². The van der Waals surface area contributed by atoms with Gasteiger partial charge >= 0.3 is 5.97 Å². The standard InChI is InChI=1S/C11H21NO2/c1-12(9-7-11(13)14)8-6-10-4-2-3-5-10/h10H,2-9H2,1H3,(H,13,14). The van der Waals surface area contributed by atoms with Gasteiger partial charge in [-0.25, -0.2) is 0 Å². The summed E-state index contributed by atoms with van der Waals surface area (Å²) < 4.78 is 0. The molecule has 1 saturated carbocycles. The van der Waals surface area contributed by atoms with Crippen LogP contribution in [0.5, 0.6) is 0 Å². The zero-order valence-electron chi connectivity index (χ0n) is 9.04. The first-order chi connectivity index (χ1) is 6.68. The zero-order valence-corrected chi connectivity index (χ0v) is 9.04. The van der Waals surface area contributed by atoms with E-state index in [0.717, 1.165) is 12.5 Å². The van der Waals surface area contributed by atoms with Crippen molar-refractivity contribution in [1.29, 1.82) is 0 Å². The summed E-state index contributed by atoms with van der Waals surface area (Å²) in [4.78, 5) is 12.5. The molecule has 0 aromatic carbocycles. The van der Waals surface area contributed by atoms with Crippen LogP contribution in [0.4, 0.5) is 0 Å². The molecule has 3 nitrogen and oxygen atoms in total. The van der Waals surface area contributed by atoms with Gasteiger partial charge in [-0.3, -0.25) is 4.79 Å². The summed E-state index contributed by atoms with van der Waals surface area (Å²) in [6.45, 7) is 1.74. The third-order valence-corrected chi connectivity index (χ3v) is 3.10. The zero-order chi connectivity index (χ0) is 10.4. The molecule has 3 heteroatoms. The molecule has 0 aromatic rings. The number of carboxylic acids is 1. The lowest BCUT2D eigenvalue weighted by Crippen LogP contribution is -2.24. The molecule has 1 N–H and O–H groups in total. The third-order valence-electron chi connectivity index (χ3n) is 3.10. The Morgan fingerprint density at radius 2 is 2.00 bits per heavy atom. The van der Waals surface area contributed by atoms with Gasteiger partial charge in [0.05, 0.1) is 6.42 Å². The lowest BCUT2D eigenvalue weighted by atomic mass is 10.0. The van der Waals surface area contributed by atoms with Crippen LogP contribution in [-0.4, -0.2) is 36.1 Å². The van der Waals surface area contributed by atoms with Gasteiger partial charge in [0.1, 0.15) is 0 Å². The molecule has 0 spiro atoms. The first kappa shape index (κ1) is 11.5. The predicted octanol–water partition coefficient (Wildman–Crippen LogP) is 1.97. The second-order valence-corrected chi connectivity index (χ2v) is 4.39. The Bertz CT molecular complexity index is 176. The predicted molar refractivity (Wildman–Crippen MR) is 56.3 cm³/mol. The highest BCUT2D eigenvalue weighted by Crippen LogP contribution is 2.27. The van der Waals surface area contributed by atoms with Crippen molar-refractivity contribution >= 4 is 5.97 Å². The van der Waals surface area contributed by atoms with Crippen LogP contribution in [0, 0.1) is 5.92 Å². The summed E-state index contributed by atoms with van der Waals surface area (Å²) in [5.74, 6) is 0.208. The second-order valence-electron chi connectivity index (χ2n) is 4.39. The van der Waals surface area contributed by atoms with Gasteiger partial charge < -0.3 is 10.0 Å². The fourth-order valence-corrected chi connectivity index (χ4v) is 2.10. The van der Waals surface area contributed by atoms with E-state index >= 15 is 0 Å². The molecule has 1 aliphatic rings. The van der Waals surface area contributed by atoms with Gasteiger partial charge in [-0.2, -0.15) is 0 Å². The van der Waals surface area contributed by atoms with Crippen LogP contribution >= 0.6 is 0 Å². The molecule has 1 fully saturated rings. The Balaban J connectivity index is 2.02. The summed E-state index contributed by atoms with van der Waals surface area (Å²) in [7, 11) is 2.01. The summed E-state index contributed by atoms with van der Waals surface area (Å²) in [6.07, 6.45) is 7.06. The lowest BCUT2D eigenvalue weighted by molar-refractivity contribution is -0.137. The van der Waals surface area contributed by atoms with Crippen LogP contribution in [0.1, 0.15) is 38.5 Å². The molecule has 1 aliphatic carbocycles. The smallest absolute Gasteiger partial charge is 0.304 e. The molecule has 0 unspecified atom stereocenters. The van der Waals surface area contributed by atoms with Crippen molar-refractivity contribution in [3.8, 4) is 0 Å². The van der Waals surface area contributed by atoms with Gasteiger partial charge in [-0.15, -0.1) is 0 Å². The highest BCUT2D eigenvalue weighted by atomic mass is 16.4. The maximum atomic E-state index is 10.3. The van der Waals surface area contributed by atoms with Gasteiger partial charge in [0.25, 0.3) is 0 Å². The number of carbonyl (C=O) groups is 1. The van der Waals surface area contributed by atoms with E-state index in [9.17, 15) is 4.79 Å². The minimum Gasteiger partial charge on any atom is -0.481 e. The Labute approximate surface area is 86.1 Å². The fraction of sp³-hybridized carbons (Fsp3) is 0.909. The van der Waals surface area contributed by atoms with Crippen LogP contribution in [0.15, 0.2) is 0 Å². The monoisotopic (exact) mass is 199 g/mol. The van der Waals surface area contributed by atoms with Crippen molar-refractivity contribution in [2.75, 3.05) is 20.1 Å². The molecule has 1 rings (SSSR count). The molecule has 0 aromatic heterocycles. The van der Waals surface area contributed by atoms with Gasteiger partial charge in [0.15, 0.2) is 0 Å². The number of carboxylic acid groups (broad SMARTS) is 1. The molecule has 0 atom stereocenters. The molecule has 82 valence electrons. The van der Waals surface area contributed by atoms with E-state index in [0.29, 0.717) is 6.54 Å². The van der Waals surface area contributed by atoms with E-state index in [1.54, 1.807) is 0 Å². The van der Waals surface area contributed by atoms with Crippen LogP contribution in [0.25, 0.3) is 0 Å². The molecule has 14 heavy (non-hydrogen) atoms. The van der Waals surface area contributed by atoms with Gasteiger partial charge in [0, 0.05) is 6.54 Å². The van der Waals surface area contributed by atoms with E-state index in [1.807, 2.05) is 7.05 Å². The van der Waals surface area contributed by atoms with Crippen molar-refractivity contribution < 1.29 is 9.90 Å². The summed E-state index contributed by atoms with van der Waals surface area (Å²) in [5.41, 5.74) is 0. The molecular formula is C11H21NO2. The number of nitrogens with zero attached hydrogens (tertiary/aromatic N) is 1. The first-order valence-corrected chi connectivity index (χ1v) is 5.59. The van der Waals surface area contributed by atoms with Crippen LogP contribution in [0.3, 0.4) is 0 Å². The molecule has 0 radical (unpaired) electrons. The van der Waals surface area contributed by atoms with Crippen molar-refractivity contribution in [1.82, 2.24) is 4.90 Å². The molecule has 0 amide bonds. The highest BCUT2D eigenvalue weighted by molar-refractivity contribution is 5.66. The van der Waals surface area contributed by atoms with Gasteiger partial charge in [-0.1, -0.05) is 25.7 Å². The molecule has 0 aliphatic heterocycles. The first-order valence-electron chi connectivity index (χ1n) is 5.59. The van der Waals surface area contributed by atoms with E-state index < -0.39 is 5.97 Å². The van der Waals surface area contributed by atoms with E-state index in [4.69, 9.17) is 5.11 Å². The Kier molecular flexibility index (Phi) is 4.94. The van der Waals surface area contributed by atoms with Crippen molar-refractivity contribution in [3.05, 3.63) is 0 Å². The minimum absolute atomic E-state index is 0.265. The average Bonchev–Trinajstić information content (AvgIpc) is 2.63. The maximum Gasteiger partial charge on any atom is 0.304 e. The van der Waals surface area contributed by atoms with Crippen molar-refractivity contribution in [2.24, 2.45) is 5.92 Å². The largest absolute Gasteiger partial charge is 0.481 e. The maximum absolute atomic E-state index is 10.3. The summed E-state index contributed by atoms with van der Waals surface area (Å²) in [5, 5.41) is 8.52. The lowest BCUT2D eigenvalue weighted by Gasteiger charge is -2.17. The summed E-state index contributed by atoms with van der Waals surface area (Å²) in [6, 6.07) is 0. The normalized spacial score (nSPS) is 17.9. The fourth-order valence-electron chi connectivity index (χ4n) is 2.10. The van der Waals surface area contributed by atoms with Gasteiger partial charge in [0.2, 0.25) is 0 Å². The van der Waals surface area contributed by atoms with Crippen LogP contribution in [-0.2, 0) is 4.79 Å². The van der Waals surface area contributed by atoms with Gasteiger partial charge in [-0.05, 0) is 25.9 Å². The molecule has 0 heterocycles. The minimum atomic E-state index is -0.697. The second kappa shape index (κ2) is 6.02. The van der Waals surface area contributed by atoms with E-state index in [1.165, 1.54) is 32.1 Å². The Morgan fingerprint density at radius 3 is 2.57 bits per heavy atom. The average molecular weight is 199 g/mol. The molecular weight excluding hydrogens is 178 g/mol. The molecule has 0 saturated heterocycles. The van der Waals surface area contributed by atoms with E-state index in [-0.39, 0.29) is 6.42 Å². The summed E-state index contributed by atoms with van der Waals surface area (Å²) >= 11 is 0. The van der Waals surface area contributed by atoms with Crippen LogP contribution in [0.2, 0.25) is 0 Å². The number of hydrogen-bond donors (Lipinski definition) is 1. The van der Waals surface area contributed by atoms with Crippen molar-refractivity contribution in [3.63, 3.8) is 0 Å². The Morgan fingerprint density at radius 1 is 1.36 bits per heavy atom. The highest BCUT2D eigenvalue weighted by Gasteiger charge is 2.15. The molecule has 0 bridgehead atoms. The third kappa shape index (κ3) is 4.61.